The summed E-state index contributed by atoms with van der Waals surface area (Å²) >= 11 is 12.3. The van der Waals surface area contributed by atoms with Gasteiger partial charge in [0.1, 0.15) is 6.04 Å². The third-order valence-electron chi connectivity index (χ3n) is 6.03. The van der Waals surface area contributed by atoms with E-state index >= 15 is 0 Å². The molecule has 5 nitrogen and oxygen atoms in total. The van der Waals surface area contributed by atoms with Crippen LogP contribution in [0.25, 0.3) is 11.1 Å². The van der Waals surface area contributed by atoms with Crippen LogP contribution in [-0.4, -0.2) is 23.0 Å². The van der Waals surface area contributed by atoms with Crippen molar-refractivity contribution in [3.63, 3.8) is 0 Å². The van der Waals surface area contributed by atoms with Gasteiger partial charge in [-0.1, -0.05) is 102 Å². The Morgan fingerprint density at radius 3 is 2.00 bits per heavy atom. The van der Waals surface area contributed by atoms with Gasteiger partial charge in [0.05, 0.1) is 10.6 Å². The van der Waals surface area contributed by atoms with Gasteiger partial charge in [0.15, 0.2) is 0 Å². The summed E-state index contributed by atoms with van der Waals surface area (Å²) in [6, 6.07) is 29.1. The second kappa shape index (κ2) is 12.5. The molecule has 0 aromatic heterocycles. The van der Waals surface area contributed by atoms with Crippen LogP contribution in [0.15, 0.2) is 97.1 Å². The molecule has 0 radical (unpaired) electrons. The lowest BCUT2D eigenvalue weighted by Gasteiger charge is -2.16. The number of amides is 1. The molecular formula is C30H26Cl2N2O3. The van der Waals surface area contributed by atoms with Gasteiger partial charge in [0.25, 0.3) is 5.91 Å². The van der Waals surface area contributed by atoms with Crippen molar-refractivity contribution in [1.29, 1.82) is 0 Å². The SMILES string of the molecule is O=C(NC(Cc1ccc(-c2ccccc2CNCc2ccccc2Cl)cc1)C(=O)O)c1ccccc1Cl. The largest absolute Gasteiger partial charge is 0.480 e. The molecule has 0 aliphatic carbocycles. The highest BCUT2D eigenvalue weighted by Gasteiger charge is 2.22. The Kier molecular flexibility index (Phi) is 8.96. The molecule has 1 amide bonds. The van der Waals surface area contributed by atoms with E-state index in [4.69, 9.17) is 23.2 Å². The molecule has 0 heterocycles. The average Bonchev–Trinajstić information content (AvgIpc) is 2.90. The van der Waals surface area contributed by atoms with E-state index in [1.165, 1.54) is 0 Å². The molecule has 1 unspecified atom stereocenters. The summed E-state index contributed by atoms with van der Waals surface area (Å²) in [7, 11) is 0. The van der Waals surface area contributed by atoms with E-state index in [2.05, 4.69) is 22.8 Å². The number of carboxylic acid groups (broad SMARTS) is 1. The second-order valence-electron chi connectivity index (χ2n) is 8.60. The molecule has 0 bridgehead atoms. The maximum absolute atomic E-state index is 12.6. The fraction of sp³-hybridized carbons (Fsp3) is 0.133. The lowest BCUT2D eigenvalue weighted by atomic mass is 9.97. The average molecular weight is 533 g/mol. The van der Waals surface area contributed by atoms with E-state index in [-0.39, 0.29) is 17.0 Å². The van der Waals surface area contributed by atoms with Crippen molar-refractivity contribution in [2.75, 3.05) is 0 Å². The van der Waals surface area contributed by atoms with Gasteiger partial charge in [-0.05, 0) is 46.0 Å². The number of aliphatic carboxylic acids is 1. The van der Waals surface area contributed by atoms with Gasteiger partial charge in [0, 0.05) is 24.5 Å². The van der Waals surface area contributed by atoms with Crippen LogP contribution < -0.4 is 10.6 Å². The predicted octanol–water partition coefficient (Wildman–Crippen LogP) is 6.38. The van der Waals surface area contributed by atoms with E-state index in [0.717, 1.165) is 32.8 Å². The first-order valence-electron chi connectivity index (χ1n) is 11.8. The zero-order valence-corrected chi connectivity index (χ0v) is 21.5. The normalized spacial score (nSPS) is 11.6. The lowest BCUT2D eigenvalue weighted by molar-refractivity contribution is -0.139. The molecule has 7 heteroatoms. The first-order valence-corrected chi connectivity index (χ1v) is 12.6. The van der Waals surface area contributed by atoms with Gasteiger partial charge >= 0.3 is 5.97 Å². The van der Waals surface area contributed by atoms with Crippen LogP contribution in [0.5, 0.6) is 0 Å². The van der Waals surface area contributed by atoms with Gasteiger partial charge in [-0.15, -0.1) is 0 Å². The Morgan fingerprint density at radius 1 is 0.730 bits per heavy atom. The standard InChI is InChI=1S/C30H26Cl2N2O3/c31-26-11-5-2-8-23(26)19-33-18-22-7-1-3-9-24(22)21-15-13-20(14-16-21)17-28(30(36)37)34-29(35)25-10-4-6-12-27(25)32/h1-16,28,33H,17-19H2,(H,34,35)(H,36,37). The number of halogens is 2. The fourth-order valence-electron chi connectivity index (χ4n) is 4.07. The Balaban J connectivity index is 1.43. The third kappa shape index (κ3) is 6.98. The summed E-state index contributed by atoms with van der Waals surface area (Å²) < 4.78 is 0. The number of nitrogens with one attached hydrogen (secondary N) is 2. The Hall–Kier alpha value is -3.64. The molecule has 0 spiro atoms. The molecule has 3 N–H and O–H groups in total. The minimum absolute atomic E-state index is 0.146. The molecule has 0 fully saturated rings. The third-order valence-corrected chi connectivity index (χ3v) is 6.73. The van der Waals surface area contributed by atoms with Crippen molar-refractivity contribution in [1.82, 2.24) is 10.6 Å². The van der Waals surface area contributed by atoms with Crippen LogP contribution in [0, 0.1) is 0 Å². The van der Waals surface area contributed by atoms with E-state index in [1.54, 1.807) is 24.3 Å². The van der Waals surface area contributed by atoms with Gasteiger partial charge in [-0.3, -0.25) is 4.79 Å². The van der Waals surface area contributed by atoms with E-state index in [9.17, 15) is 14.7 Å². The maximum Gasteiger partial charge on any atom is 0.326 e. The Labute approximate surface area is 226 Å². The Morgan fingerprint density at radius 2 is 1.32 bits per heavy atom. The number of rotatable bonds is 10. The van der Waals surface area contributed by atoms with Crippen LogP contribution in [0.1, 0.15) is 27.0 Å². The number of carbonyl (C=O) groups excluding carboxylic acids is 1. The highest BCUT2D eigenvalue weighted by Crippen LogP contribution is 2.25. The second-order valence-corrected chi connectivity index (χ2v) is 9.41. The maximum atomic E-state index is 12.6. The zero-order valence-electron chi connectivity index (χ0n) is 20.0. The van der Waals surface area contributed by atoms with Crippen LogP contribution in [0.3, 0.4) is 0 Å². The van der Waals surface area contributed by atoms with Gasteiger partial charge in [0.2, 0.25) is 0 Å². The molecular weight excluding hydrogens is 507 g/mol. The Bertz CT molecular complexity index is 1390. The molecule has 0 saturated carbocycles. The predicted molar refractivity (Wildman–Crippen MR) is 148 cm³/mol. The van der Waals surface area contributed by atoms with Crippen molar-refractivity contribution in [2.24, 2.45) is 0 Å². The first kappa shape index (κ1) is 26.4. The van der Waals surface area contributed by atoms with Crippen molar-refractivity contribution < 1.29 is 14.7 Å². The molecule has 0 aliphatic heterocycles. The van der Waals surface area contributed by atoms with Gasteiger partial charge < -0.3 is 15.7 Å². The number of carboxylic acids is 1. The summed E-state index contributed by atoms with van der Waals surface area (Å²) in [4.78, 5) is 24.4. The summed E-state index contributed by atoms with van der Waals surface area (Å²) in [5.74, 6) is -1.63. The minimum Gasteiger partial charge on any atom is -0.480 e. The van der Waals surface area contributed by atoms with Crippen LogP contribution in [0.2, 0.25) is 10.0 Å². The van der Waals surface area contributed by atoms with Crippen molar-refractivity contribution in [3.05, 3.63) is 129 Å². The number of hydrogen-bond acceptors (Lipinski definition) is 3. The quantitative estimate of drug-likeness (QED) is 0.221. The summed E-state index contributed by atoms with van der Waals surface area (Å²) in [6.07, 6.45) is 0.146. The number of carbonyl (C=O) groups is 2. The monoisotopic (exact) mass is 532 g/mol. The van der Waals surface area contributed by atoms with Crippen LogP contribution in [-0.2, 0) is 24.3 Å². The summed E-state index contributed by atoms with van der Waals surface area (Å²) in [5, 5.41) is 16.7. The molecule has 4 rings (SSSR count). The molecule has 1 atom stereocenters. The highest BCUT2D eigenvalue weighted by atomic mass is 35.5. The molecule has 0 saturated heterocycles. The molecule has 188 valence electrons. The zero-order chi connectivity index (χ0) is 26.2. The molecule has 37 heavy (non-hydrogen) atoms. The first-order chi connectivity index (χ1) is 17.9. The van der Waals surface area contributed by atoms with Gasteiger partial charge in [-0.2, -0.15) is 0 Å². The molecule has 4 aromatic carbocycles. The summed E-state index contributed by atoms with van der Waals surface area (Å²) in [5.41, 5.74) is 5.32. The van der Waals surface area contributed by atoms with E-state index < -0.39 is 17.9 Å². The fourth-order valence-corrected chi connectivity index (χ4v) is 4.49. The minimum atomic E-state index is -1.11. The van der Waals surface area contributed by atoms with Crippen LogP contribution in [0.4, 0.5) is 0 Å². The van der Waals surface area contributed by atoms with E-state index in [1.807, 2.05) is 60.7 Å². The highest BCUT2D eigenvalue weighted by molar-refractivity contribution is 6.33. The molecule has 0 aliphatic rings. The summed E-state index contributed by atoms with van der Waals surface area (Å²) in [6.45, 7) is 1.32. The number of benzene rings is 4. The van der Waals surface area contributed by atoms with Crippen molar-refractivity contribution in [2.45, 2.75) is 25.6 Å². The number of hydrogen-bond donors (Lipinski definition) is 3. The van der Waals surface area contributed by atoms with Crippen molar-refractivity contribution in [3.8, 4) is 11.1 Å². The lowest BCUT2D eigenvalue weighted by Crippen LogP contribution is -2.42. The van der Waals surface area contributed by atoms with Crippen LogP contribution >= 0.6 is 23.2 Å². The van der Waals surface area contributed by atoms with Gasteiger partial charge in [-0.25, -0.2) is 4.79 Å². The van der Waals surface area contributed by atoms with E-state index in [0.29, 0.717) is 13.1 Å². The smallest absolute Gasteiger partial charge is 0.326 e. The van der Waals surface area contributed by atoms with Crippen molar-refractivity contribution >= 4 is 35.1 Å². The topological polar surface area (TPSA) is 78.4 Å². The molecule has 4 aromatic rings.